The summed E-state index contributed by atoms with van der Waals surface area (Å²) in [4.78, 5) is 16.9. The first-order chi connectivity index (χ1) is 14.2. The first-order valence-electron chi connectivity index (χ1n) is 9.41. The van der Waals surface area contributed by atoms with Crippen molar-refractivity contribution in [2.24, 2.45) is 0 Å². The molecule has 0 saturated heterocycles. The standard InChI is InChI=1S/C24H17BrFNO3/c1-24(2)17-10-20(29)15(13-6-4-12(28)8-18(13)26)9-16(17)22(30)21-14-5-3-11(25)7-19(14)27-23(21)24/h3-10,27-29H,1-2H3. The van der Waals surface area contributed by atoms with Crippen LogP contribution < -0.4 is 0 Å². The Morgan fingerprint density at radius 1 is 0.967 bits per heavy atom. The highest BCUT2D eigenvalue weighted by Gasteiger charge is 2.40. The minimum absolute atomic E-state index is 0.118. The predicted molar refractivity (Wildman–Crippen MR) is 117 cm³/mol. The van der Waals surface area contributed by atoms with Gasteiger partial charge >= 0.3 is 0 Å². The Morgan fingerprint density at radius 2 is 1.73 bits per heavy atom. The maximum absolute atomic E-state index is 14.5. The average Bonchev–Trinajstić information content (AvgIpc) is 3.06. The molecule has 0 radical (unpaired) electrons. The van der Waals surface area contributed by atoms with E-state index >= 15 is 0 Å². The Bertz CT molecular complexity index is 1390. The molecule has 0 saturated carbocycles. The van der Waals surface area contributed by atoms with E-state index in [4.69, 9.17) is 0 Å². The van der Waals surface area contributed by atoms with E-state index in [9.17, 15) is 19.4 Å². The lowest BCUT2D eigenvalue weighted by atomic mass is 9.70. The zero-order valence-corrected chi connectivity index (χ0v) is 17.8. The second kappa shape index (κ2) is 6.19. The van der Waals surface area contributed by atoms with Gasteiger partial charge in [-0.1, -0.05) is 35.8 Å². The van der Waals surface area contributed by atoms with Gasteiger partial charge in [-0.05, 0) is 42.0 Å². The number of halogens is 2. The fraction of sp³-hybridized carbons (Fsp3) is 0.125. The Hall–Kier alpha value is -3.12. The minimum atomic E-state index is -0.676. The molecule has 1 aliphatic carbocycles. The Kier molecular flexibility index (Phi) is 3.89. The van der Waals surface area contributed by atoms with Crippen molar-refractivity contribution in [2.45, 2.75) is 19.3 Å². The summed E-state index contributed by atoms with van der Waals surface area (Å²) in [5.41, 5.74) is 3.08. The van der Waals surface area contributed by atoms with E-state index in [1.807, 2.05) is 32.0 Å². The molecule has 5 rings (SSSR count). The number of aromatic amines is 1. The molecule has 1 aliphatic rings. The molecule has 4 nitrogen and oxygen atoms in total. The third-order valence-electron chi connectivity index (χ3n) is 5.91. The number of nitrogens with one attached hydrogen (secondary N) is 1. The molecule has 30 heavy (non-hydrogen) atoms. The number of rotatable bonds is 1. The van der Waals surface area contributed by atoms with Crippen LogP contribution in [0.1, 0.15) is 41.0 Å². The lowest BCUT2D eigenvalue weighted by molar-refractivity contribution is 0.103. The van der Waals surface area contributed by atoms with Gasteiger partial charge in [0.15, 0.2) is 5.78 Å². The summed E-state index contributed by atoms with van der Waals surface area (Å²) in [5.74, 6) is -1.18. The number of fused-ring (bicyclic) bond motifs is 4. The molecule has 3 aromatic carbocycles. The molecule has 4 aromatic rings. The van der Waals surface area contributed by atoms with Crippen molar-refractivity contribution in [3.05, 3.63) is 81.2 Å². The SMILES string of the molecule is CC1(C)c2cc(O)c(-c3ccc(O)cc3F)cc2C(=O)c2c1[nH]c1cc(Br)ccc21. The predicted octanol–water partition coefficient (Wildman–Crippen LogP) is 6.02. The number of ketones is 1. The summed E-state index contributed by atoms with van der Waals surface area (Å²) in [6, 6.07) is 12.5. The van der Waals surface area contributed by atoms with E-state index in [0.717, 1.165) is 27.1 Å². The number of benzene rings is 3. The molecule has 3 N–H and O–H groups in total. The van der Waals surface area contributed by atoms with Crippen molar-refractivity contribution in [1.82, 2.24) is 4.98 Å². The molecule has 6 heteroatoms. The minimum Gasteiger partial charge on any atom is -0.508 e. The van der Waals surface area contributed by atoms with Gasteiger partial charge in [-0.25, -0.2) is 4.39 Å². The molecule has 1 heterocycles. The molecule has 0 spiro atoms. The van der Waals surface area contributed by atoms with Gasteiger partial charge in [0.25, 0.3) is 0 Å². The third kappa shape index (κ3) is 2.53. The highest BCUT2D eigenvalue weighted by molar-refractivity contribution is 9.10. The second-order valence-corrected chi connectivity index (χ2v) is 9.01. The number of hydrogen-bond acceptors (Lipinski definition) is 3. The molecule has 150 valence electrons. The van der Waals surface area contributed by atoms with Crippen LogP contribution in [0.3, 0.4) is 0 Å². The second-order valence-electron chi connectivity index (χ2n) is 8.10. The average molecular weight is 466 g/mol. The Morgan fingerprint density at radius 3 is 2.47 bits per heavy atom. The first-order valence-corrected chi connectivity index (χ1v) is 10.2. The van der Waals surface area contributed by atoms with E-state index in [2.05, 4.69) is 20.9 Å². The number of phenolic OH excluding ortho intramolecular Hbond substituents is 2. The quantitative estimate of drug-likeness (QED) is 0.321. The van der Waals surface area contributed by atoms with Crippen LogP contribution in [0.4, 0.5) is 4.39 Å². The number of carbonyl (C=O) groups excluding carboxylic acids is 1. The summed E-state index contributed by atoms with van der Waals surface area (Å²) in [6.07, 6.45) is 0. The summed E-state index contributed by atoms with van der Waals surface area (Å²) >= 11 is 3.46. The zero-order valence-electron chi connectivity index (χ0n) is 16.2. The molecule has 0 unspecified atom stereocenters. The van der Waals surface area contributed by atoms with Gasteiger partial charge in [-0.3, -0.25) is 4.79 Å². The van der Waals surface area contributed by atoms with Crippen LogP contribution in [0.25, 0.3) is 22.0 Å². The zero-order chi connectivity index (χ0) is 21.4. The summed E-state index contributed by atoms with van der Waals surface area (Å²) in [7, 11) is 0. The third-order valence-corrected chi connectivity index (χ3v) is 6.40. The van der Waals surface area contributed by atoms with Gasteiger partial charge in [0.05, 0.1) is 5.56 Å². The summed E-state index contributed by atoms with van der Waals surface area (Å²) in [6.45, 7) is 3.98. The van der Waals surface area contributed by atoms with E-state index in [1.165, 1.54) is 12.1 Å². The van der Waals surface area contributed by atoms with Crippen molar-refractivity contribution < 1.29 is 19.4 Å². The molecule has 0 fully saturated rings. The number of H-pyrrole nitrogens is 1. The fourth-order valence-electron chi connectivity index (χ4n) is 4.38. The lowest BCUT2D eigenvalue weighted by Gasteiger charge is -2.32. The van der Waals surface area contributed by atoms with Crippen molar-refractivity contribution in [2.75, 3.05) is 0 Å². The molecule has 0 aliphatic heterocycles. The maximum Gasteiger partial charge on any atom is 0.195 e. The lowest BCUT2D eigenvalue weighted by Crippen LogP contribution is -2.30. The molecular weight excluding hydrogens is 449 g/mol. The highest BCUT2D eigenvalue weighted by Crippen LogP contribution is 2.47. The maximum atomic E-state index is 14.5. The van der Waals surface area contributed by atoms with E-state index < -0.39 is 11.2 Å². The van der Waals surface area contributed by atoms with Crippen molar-refractivity contribution in [3.8, 4) is 22.6 Å². The molecule has 0 bridgehead atoms. The normalized spacial score (nSPS) is 14.6. The van der Waals surface area contributed by atoms with Gasteiger partial charge < -0.3 is 15.2 Å². The molecule has 0 atom stereocenters. The van der Waals surface area contributed by atoms with Crippen molar-refractivity contribution >= 4 is 32.6 Å². The van der Waals surface area contributed by atoms with Crippen LogP contribution >= 0.6 is 15.9 Å². The van der Waals surface area contributed by atoms with Gasteiger partial charge in [-0.2, -0.15) is 0 Å². The number of aromatic hydroxyl groups is 2. The van der Waals surface area contributed by atoms with Gasteiger partial charge in [0.1, 0.15) is 17.3 Å². The van der Waals surface area contributed by atoms with Crippen LogP contribution in [0.2, 0.25) is 0 Å². The summed E-state index contributed by atoms with van der Waals surface area (Å²) in [5, 5.41) is 21.0. The highest BCUT2D eigenvalue weighted by atomic mass is 79.9. The number of carbonyl (C=O) groups is 1. The molecular formula is C24H17BrFNO3. The van der Waals surface area contributed by atoms with Crippen LogP contribution in [0.15, 0.2) is 53.0 Å². The smallest absolute Gasteiger partial charge is 0.195 e. The number of hydrogen-bond donors (Lipinski definition) is 3. The van der Waals surface area contributed by atoms with Crippen LogP contribution in [-0.4, -0.2) is 21.0 Å². The number of aromatic nitrogens is 1. The van der Waals surface area contributed by atoms with Crippen LogP contribution in [0.5, 0.6) is 11.5 Å². The largest absolute Gasteiger partial charge is 0.508 e. The molecule has 1 aromatic heterocycles. The van der Waals surface area contributed by atoms with Gasteiger partial charge in [-0.15, -0.1) is 0 Å². The van der Waals surface area contributed by atoms with Crippen LogP contribution in [-0.2, 0) is 5.41 Å². The van der Waals surface area contributed by atoms with E-state index in [0.29, 0.717) is 16.7 Å². The first kappa shape index (κ1) is 18.9. The van der Waals surface area contributed by atoms with Crippen LogP contribution in [0, 0.1) is 5.82 Å². The van der Waals surface area contributed by atoms with Gasteiger partial charge in [0.2, 0.25) is 0 Å². The monoisotopic (exact) mass is 465 g/mol. The Labute approximate surface area is 180 Å². The van der Waals surface area contributed by atoms with Crippen molar-refractivity contribution in [3.63, 3.8) is 0 Å². The van der Waals surface area contributed by atoms with E-state index in [-0.39, 0.29) is 28.4 Å². The Balaban J connectivity index is 1.79. The molecule has 0 amide bonds. The van der Waals surface area contributed by atoms with E-state index in [1.54, 1.807) is 12.1 Å². The van der Waals surface area contributed by atoms with Gasteiger partial charge in [0, 0.05) is 49.2 Å². The summed E-state index contributed by atoms with van der Waals surface area (Å²) < 4.78 is 15.4. The number of phenols is 2. The fourth-order valence-corrected chi connectivity index (χ4v) is 4.74. The van der Waals surface area contributed by atoms with Crippen molar-refractivity contribution in [1.29, 1.82) is 0 Å². The topological polar surface area (TPSA) is 73.3 Å².